The molecule has 1 aromatic heterocycles. The van der Waals surface area contributed by atoms with Crippen molar-refractivity contribution < 1.29 is 22.7 Å². The minimum atomic E-state index is -3.79. The number of nitrogens with one attached hydrogen (secondary N) is 2. The maximum atomic E-state index is 12.4. The molecule has 2 aromatic rings. The summed E-state index contributed by atoms with van der Waals surface area (Å²) in [5, 5.41) is 4.44. The lowest BCUT2D eigenvalue weighted by Crippen LogP contribution is -2.37. The molecular weight excluding hydrogens is 388 g/mol. The van der Waals surface area contributed by atoms with Crippen molar-refractivity contribution in [3.8, 4) is 0 Å². The van der Waals surface area contributed by atoms with Gasteiger partial charge in [-0.25, -0.2) is 13.2 Å². The summed E-state index contributed by atoms with van der Waals surface area (Å²) in [5.41, 5.74) is 0.142. The van der Waals surface area contributed by atoms with E-state index < -0.39 is 22.6 Å². The van der Waals surface area contributed by atoms with Crippen LogP contribution < -0.4 is 10.0 Å². The Morgan fingerprint density at radius 3 is 2.63 bits per heavy atom. The highest BCUT2D eigenvalue weighted by Crippen LogP contribution is 2.32. The van der Waals surface area contributed by atoms with Crippen molar-refractivity contribution in [2.45, 2.75) is 30.0 Å². The summed E-state index contributed by atoms with van der Waals surface area (Å²) in [7, 11) is -3.79. The number of thiophene rings is 1. The molecule has 0 unspecified atom stereocenters. The number of carbonyl (C=O) groups is 2. The average Bonchev–Trinajstić information content (AvgIpc) is 3.33. The number of para-hydroxylation sites is 1. The van der Waals surface area contributed by atoms with Crippen molar-refractivity contribution >= 4 is 38.9 Å². The first-order valence-corrected chi connectivity index (χ1v) is 10.8. The summed E-state index contributed by atoms with van der Waals surface area (Å²) in [6.45, 7) is 1.51. The fourth-order valence-corrected chi connectivity index (χ4v) is 4.65. The highest BCUT2D eigenvalue weighted by molar-refractivity contribution is 7.94. The van der Waals surface area contributed by atoms with E-state index in [0.717, 1.165) is 24.2 Å². The first-order valence-electron chi connectivity index (χ1n) is 8.48. The molecule has 2 N–H and O–H groups in total. The standard InChI is InChI=1S/C18H20N2O5S2/c1-12(13-8-9-13)19-16(21)11-25-18(22)14-5-2-3-6-15(14)20-27(23,24)17-7-4-10-26-17/h2-7,10,12-13,20H,8-9,11H2,1H3,(H,19,21)/t12-/m1/s1. The van der Waals surface area contributed by atoms with Gasteiger partial charge in [-0.05, 0) is 49.3 Å². The van der Waals surface area contributed by atoms with Gasteiger partial charge in [0.05, 0.1) is 11.3 Å². The van der Waals surface area contributed by atoms with Crippen LogP contribution >= 0.6 is 11.3 Å². The van der Waals surface area contributed by atoms with Crippen LogP contribution in [-0.2, 0) is 19.6 Å². The Morgan fingerprint density at radius 1 is 1.22 bits per heavy atom. The van der Waals surface area contributed by atoms with E-state index in [0.29, 0.717) is 5.92 Å². The molecule has 1 heterocycles. The number of rotatable bonds is 8. The van der Waals surface area contributed by atoms with E-state index in [1.165, 1.54) is 18.2 Å². The number of ether oxygens (including phenoxy) is 1. The SMILES string of the molecule is C[C@@H](NC(=O)COC(=O)c1ccccc1NS(=O)(=O)c1cccs1)C1CC1. The average molecular weight is 409 g/mol. The largest absolute Gasteiger partial charge is 0.452 e. The molecule has 1 saturated carbocycles. The van der Waals surface area contributed by atoms with Gasteiger partial charge in [-0.2, -0.15) is 0 Å². The smallest absolute Gasteiger partial charge is 0.340 e. The third kappa shape index (κ3) is 5.08. The number of hydrogen-bond acceptors (Lipinski definition) is 6. The van der Waals surface area contributed by atoms with E-state index in [1.54, 1.807) is 23.6 Å². The molecule has 0 radical (unpaired) electrons. The van der Waals surface area contributed by atoms with E-state index in [2.05, 4.69) is 10.0 Å². The summed E-state index contributed by atoms with van der Waals surface area (Å²) >= 11 is 1.07. The number of amides is 1. The Labute approximate surface area is 161 Å². The zero-order valence-electron chi connectivity index (χ0n) is 14.7. The molecule has 0 aliphatic heterocycles. The van der Waals surface area contributed by atoms with Crippen LogP contribution in [0, 0.1) is 5.92 Å². The monoisotopic (exact) mass is 408 g/mol. The van der Waals surface area contributed by atoms with Gasteiger partial charge < -0.3 is 10.1 Å². The topological polar surface area (TPSA) is 102 Å². The second-order valence-electron chi connectivity index (χ2n) is 6.35. The number of anilines is 1. The summed E-state index contributed by atoms with van der Waals surface area (Å²) in [4.78, 5) is 24.2. The van der Waals surface area contributed by atoms with Crippen LogP contribution in [-0.4, -0.2) is 32.9 Å². The van der Waals surface area contributed by atoms with Gasteiger partial charge in [-0.3, -0.25) is 9.52 Å². The fourth-order valence-electron chi connectivity index (χ4n) is 2.58. The van der Waals surface area contributed by atoms with Crippen LogP contribution in [0.5, 0.6) is 0 Å². The van der Waals surface area contributed by atoms with Gasteiger partial charge in [0, 0.05) is 6.04 Å². The zero-order valence-corrected chi connectivity index (χ0v) is 16.3. The highest BCUT2D eigenvalue weighted by atomic mass is 32.2. The number of esters is 1. The van der Waals surface area contributed by atoms with Gasteiger partial charge >= 0.3 is 5.97 Å². The number of hydrogen-bond donors (Lipinski definition) is 2. The van der Waals surface area contributed by atoms with Gasteiger partial charge in [-0.1, -0.05) is 18.2 Å². The minimum Gasteiger partial charge on any atom is -0.452 e. The molecule has 0 bridgehead atoms. The maximum absolute atomic E-state index is 12.4. The molecule has 1 aliphatic rings. The Morgan fingerprint density at radius 2 is 1.96 bits per heavy atom. The molecule has 1 aromatic carbocycles. The van der Waals surface area contributed by atoms with E-state index in [4.69, 9.17) is 4.74 Å². The van der Waals surface area contributed by atoms with Gasteiger partial charge in [0.25, 0.3) is 15.9 Å². The minimum absolute atomic E-state index is 0.0423. The van der Waals surface area contributed by atoms with Crippen molar-refractivity contribution in [2.24, 2.45) is 5.92 Å². The third-order valence-electron chi connectivity index (χ3n) is 4.20. The lowest BCUT2D eigenvalue weighted by atomic mass is 10.2. The molecule has 1 atom stereocenters. The van der Waals surface area contributed by atoms with Crippen LogP contribution in [0.15, 0.2) is 46.0 Å². The number of carbonyl (C=O) groups excluding carboxylic acids is 2. The summed E-state index contributed by atoms with van der Waals surface area (Å²) in [6.07, 6.45) is 2.19. The molecule has 27 heavy (non-hydrogen) atoms. The molecule has 1 aliphatic carbocycles. The first-order chi connectivity index (χ1) is 12.9. The van der Waals surface area contributed by atoms with Gasteiger partial charge in [0.15, 0.2) is 6.61 Å². The van der Waals surface area contributed by atoms with E-state index >= 15 is 0 Å². The summed E-state index contributed by atoms with van der Waals surface area (Å²) in [5.74, 6) is -0.648. The van der Waals surface area contributed by atoms with Crippen LogP contribution in [0.1, 0.15) is 30.1 Å². The van der Waals surface area contributed by atoms with Gasteiger partial charge in [-0.15, -0.1) is 11.3 Å². The van der Waals surface area contributed by atoms with Crippen molar-refractivity contribution in [3.05, 3.63) is 47.3 Å². The number of sulfonamides is 1. The van der Waals surface area contributed by atoms with Crippen molar-refractivity contribution in [1.29, 1.82) is 0 Å². The molecule has 1 amide bonds. The van der Waals surface area contributed by atoms with Crippen LogP contribution in [0.3, 0.4) is 0 Å². The highest BCUT2D eigenvalue weighted by Gasteiger charge is 2.29. The molecule has 7 nitrogen and oxygen atoms in total. The van der Waals surface area contributed by atoms with E-state index in [1.807, 2.05) is 6.92 Å². The predicted octanol–water partition coefficient (Wildman–Crippen LogP) is 2.62. The normalized spacial score (nSPS) is 15.0. The first kappa shape index (κ1) is 19.4. The summed E-state index contributed by atoms with van der Waals surface area (Å²) in [6, 6.07) is 9.26. The van der Waals surface area contributed by atoms with Crippen LogP contribution in [0.25, 0.3) is 0 Å². The Kier molecular flexibility index (Phi) is 5.81. The van der Waals surface area contributed by atoms with Gasteiger partial charge in [0.1, 0.15) is 4.21 Å². The van der Waals surface area contributed by atoms with Crippen molar-refractivity contribution in [1.82, 2.24) is 5.32 Å². The molecule has 0 saturated heterocycles. The Bertz CT molecular complexity index is 921. The van der Waals surface area contributed by atoms with E-state index in [9.17, 15) is 18.0 Å². The van der Waals surface area contributed by atoms with Crippen molar-refractivity contribution in [2.75, 3.05) is 11.3 Å². The third-order valence-corrected chi connectivity index (χ3v) is 6.97. The Hall–Kier alpha value is -2.39. The number of benzene rings is 1. The quantitative estimate of drug-likeness (QED) is 0.654. The molecule has 1 fully saturated rings. The van der Waals surface area contributed by atoms with E-state index in [-0.39, 0.29) is 27.4 Å². The Balaban J connectivity index is 1.64. The molecule has 0 spiro atoms. The second kappa shape index (κ2) is 8.10. The molecule has 9 heteroatoms. The van der Waals surface area contributed by atoms with Gasteiger partial charge in [0.2, 0.25) is 0 Å². The second-order valence-corrected chi connectivity index (χ2v) is 9.21. The zero-order chi connectivity index (χ0) is 19.4. The van der Waals surface area contributed by atoms with Crippen molar-refractivity contribution in [3.63, 3.8) is 0 Å². The predicted molar refractivity (Wildman–Crippen MR) is 102 cm³/mol. The van der Waals surface area contributed by atoms with Crippen LogP contribution in [0.2, 0.25) is 0 Å². The fraction of sp³-hybridized carbons (Fsp3) is 0.333. The molecule has 144 valence electrons. The van der Waals surface area contributed by atoms with Crippen LogP contribution in [0.4, 0.5) is 5.69 Å². The maximum Gasteiger partial charge on any atom is 0.340 e. The summed E-state index contributed by atoms with van der Waals surface area (Å²) < 4.78 is 32.3. The molecular formula is C18H20N2O5S2. The lowest BCUT2D eigenvalue weighted by Gasteiger charge is -2.14. The lowest BCUT2D eigenvalue weighted by molar-refractivity contribution is -0.124. The molecule has 3 rings (SSSR count).